The second-order valence-corrected chi connectivity index (χ2v) is 4.20. The minimum atomic E-state index is -0.402. The third-order valence-corrected chi connectivity index (χ3v) is 2.97. The van der Waals surface area contributed by atoms with Crippen LogP contribution in [0.15, 0.2) is 18.2 Å². The number of hydrogen-bond acceptors (Lipinski definition) is 3. The summed E-state index contributed by atoms with van der Waals surface area (Å²) in [6.07, 6.45) is 6.23. The van der Waals surface area contributed by atoms with Crippen molar-refractivity contribution in [1.29, 1.82) is 0 Å². The molecule has 0 unspecified atom stereocenters. The van der Waals surface area contributed by atoms with Gasteiger partial charge in [-0.15, -0.1) is 0 Å². The average molecular weight is 219 g/mol. The fourth-order valence-corrected chi connectivity index (χ4v) is 2.09. The van der Waals surface area contributed by atoms with Gasteiger partial charge in [0.1, 0.15) is 0 Å². The third-order valence-electron chi connectivity index (χ3n) is 2.97. The van der Waals surface area contributed by atoms with Gasteiger partial charge in [0.25, 0.3) is 5.69 Å². The van der Waals surface area contributed by atoms with E-state index >= 15 is 0 Å². The molecule has 2 rings (SSSR count). The highest BCUT2D eigenvalue weighted by molar-refractivity contribution is 5.47. The van der Waals surface area contributed by atoms with E-state index in [1.54, 1.807) is 6.07 Å². The molecule has 1 N–H and O–H groups in total. The normalized spacial score (nSPS) is 17.0. The van der Waals surface area contributed by atoms with Gasteiger partial charge in [0.2, 0.25) is 0 Å². The van der Waals surface area contributed by atoms with Gasteiger partial charge in [-0.05, 0) is 18.9 Å². The molecule has 0 bridgehead atoms. The summed E-state index contributed by atoms with van der Waals surface area (Å²) in [6, 6.07) is 8.09. The van der Waals surface area contributed by atoms with Crippen LogP contribution in [-0.2, 0) is 0 Å². The molecule has 0 atom stereocenters. The van der Waals surface area contributed by atoms with E-state index in [2.05, 4.69) is 11.4 Å². The van der Waals surface area contributed by atoms with Gasteiger partial charge in [-0.2, -0.15) is 0 Å². The largest absolute Gasteiger partial charge is 0.382 e. The van der Waals surface area contributed by atoms with Crippen LogP contribution in [0.1, 0.15) is 32.1 Å². The first-order valence-corrected chi connectivity index (χ1v) is 5.68. The monoisotopic (exact) mass is 219 g/mol. The highest BCUT2D eigenvalue weighted by Crippen LogP contribution is 2.22. The Labute approximate surface area is 94.8 Å². The zero-order valence-corrected chi connectivity index (χ0v) is 9.11. The van der Waals surface area contributed by atoms with E-state index in [0.717, 1.165) is 5.69 Å². The topological polar surface area (TPSA) is 55.2 Å². The minimum Gasteiger partial charge on any atom is -0.382 e. The number of non-ortho nitro benzene ring substituents is 1. The van der Waals surface area contributed by atoms with Crippen molar-refractivity contribution >= 4 is 11.4 Å². The zero-order valence-electron chi connectivity index (χ0n) is 9.11. The van der Waals surface area contributed by atoms with E-state index in [1.807, 2.05) is 0 Å². The summed E-state index contributed by atoms with van der Waals surface area (Å²) in [5.74, 6) is 0. The molecule has 4 nitrogen and oxygen atoms in total. The molecular formula is C12H15N2O2. The summed E-state index contributed by atoms with van der Waals surface area (Å²) in [7, 11) is 0. The Bertz CT molecular complexity index is 356. The minimum absolute atomic E-state index is 0.0918. The van der Waals surface area contributed by atoms with Crippen LogP contribution >= 0.6 is 0 Å². The molecule has 1 saturated carbocycles. The molecule has 1 aliphatic rings. The van der Waals surface area contributed by atoms with Gasteiger partial charge in [0.05, 0.1) is 4.92 Å². The van der Waals surface area contributed by atoms with E-state index in [1.165, 1.54) is 44.2 Å². The summed E-state index contributed by atoms with van der Waals surface area (Å²) < 4.78 is 0. The quantitative estimate of drug-likeness (QED) is 0.627. The lowest BCUT2D eigenvalue weighted by atomic mass is 9.95. The van der Waals surface area contributed by atoms with Gasteiger partial charge in [0, 0.05) is 29.9 Å². The predicted octanol–water partition coefficient (Wildman–Crippen LogP) is 3.14. The highest BCUT2D eigenvalue weighted by Gasteiger charge is 2.13. The molecule has 1 fully saturated rings. The van der Waals surface area contributed by atoms with Crippen LogP contribution in [0.5, 0.6) is 0 Å². The Hall–Kier alpha value is -1.58. The smallest absolute Gasteiger partial charge is 0.270 e. The maximum atomic E-state index is 10.5. The number of nitrogens with zero attached hydrogens (tertiary/aromatic N) is 1. The zero-order chi connectivity index (χ0) is 11.4. The molecule has 1 aromatic rings. The van der Waals surface area contributed by atoms with Crippen molar-refractivity contribution in [1.82, 2.24) is 0 Å². The van der Waals surface area contributed by atoms with Gasteiger partial charge < -0.3 is 5.32 Å². The van der Waals surface area contributed by atoms with Crippen LogP contribution in [0, 0.1) is 16.2 Å². The van der Waals surface area contributed by atoms with E-state index in [9.17, 15) is 10.1 Å². The molecule has 0 aromatic heterocycles. The Morgan fingerprint density at radius 3 is 2.62 bits per heavy atom. The number of nitro groups is 1. The predicted molar refractivity (Wildman–Crippen MR) is 62.4 cm³/mol. The molecule has 85 valence electrons. The van der Waals surface area contributed by atoms with Crippen molar-refractivity contribution < 1.29 is 4.92 Å². The fraction of sp³-hybridized carbons (Fsp3) is 0.500. The number of rotatable bonds is 3. The van der Waals surface area contributed by atoms with Crippen LogP contribution in [0.2, 0.25) is 0 Å². The van der Waals surface area contributed by atoms with Crippen LogP contribution < -0.4 is 5.32 Å². The third kappa shape index (κ3) is 2.72. The standard InChI is InChI=1S/C12H15N2O2/c15-14(16)12-8-6-11(7-9-12)13-10-4-2-1-3-5-10/h6,8-10,13H,1-5H2. The maximum absolute atomic E-state index is 10.5. The van der Waals surface area contributed by atoms with Gasteiger partial charge in [-0.25, -0.2) is 0 Å². The summed E-state index contributed by atoms with van der Waals surface area (Å²) >= 11 is 0. The molecule has 0 saturated heterocycles. The molecule has 0 aliphatic heterocycles. The van der Waals surface area contributed by atoms with Crippen LogP contribution in [0.4, 0.5) is 11.4 Å². The van der Waals surface area contributed by atoms with Crippen molar-refractivity contribution in [2.75, 3.05) is 5.32 Å². The Kier molecular flexibility index (Phi) is 3.39. The Balaban J connectivity index is 1.96. The first-order chi connectivity index (χ1) is 7.75. The van der Waals surface area contributed by atoms with E-state index < -0.39 is 4.92 Å². The molecule has 1 radical (unpaired) electrons. The van der Waals surface area contributed by atoms with Crippen molar-refractivity contribution in [2.45, 2.75) is 38.1 Å². The van der Waals surface area contributed by atoms with E-state index in [4.69, 9.17) is 0 Å². The molecule has 1 aromatic carbocycles. The van der Waals surface area contributed by atoms with E-state index in [0.29, 0.717) is 6.04 Å². The van der Waals surface area contributed by atoms with E-state index in [-0.39, 0.29) is 5.69 Å². The fourth-order valence-electron chi connectivity index (χ4n) is 2.09. The summed E-state index contributed by atoms with van der Waals surface area (Å²) in [5.41, 5.74) is 0.951. The lowest BCUT2D eigenvalue weighted by Crippen LogP contribution is -2.22. The molecule has 1 aliphatic carbocycles. The number of hydrogen-bond donors (Lipinski definition) is 1. The molecule has 16 heavy (non-hydrogen) atoms. The number of anilines is 1. The number of benzene rings is 1. The van der Waals surface area contributed by atoms with Crippen molar-refractivity contribution in [3.63, 3.8) is 0 Å². The second-order valence-electron chi connectivity index (χ2n) is 4.20. The van der Waals surface area contributed by atoms with Gasteiger partial charge in [-0.3, -0.25) is 10.1 Å². The van der Waals surface area contributed by atoms with Gasteiger partial charge in [0.15, 0.2) is 0 Å². The summed E-state index contributed by atoms with van der Waals surface area (Å²) in [4.78, 5) is 10.1. The number of nitro benzene ring substituents is 1. The Morgan fingerprint density at radius 1 is 1.31 bits per heavy atom. The number of nitrogens with one attached hydrogen (secondary N) is 1. The molecule has 4 heteroatoms. The molecule has 0 spiro atoms. The average Bonchev–Trinajstić information content (AvgIpc) is 2.31. The first kappa shape index (κ1) is 10.9. The molecular weight excluding hydrogens is 204 g/mol. The maximum Gasteiger partial charge on any atom is 0.270 e. The summed E-state index contributed by atoms with van der Waals surface area (Å²) in [6.45, 7) is 0. The highest BCUT2D eigenvalue weighted by atomic mass is 16.6. The molecule has 0 heterocycles. The van der Waals surface area contributed by atoms with Crippen LogP contribution in [-0.4, -0.2) is 11.0 Å². The van der Waals surface area contributed by atoms with Gasteiger partial charge in [-0.1, -0.05) is 19.3 Å². The lowest BCUT2D eigenvalue weighted by Gasteiger charge is -2.23. The lowest BCUT2D eigenvalue weighted by molar-refractivity contribution is -0.384. The Morgan fingerprint density at radius 2 is 2.06 bits per heavy atom. The van der Waals surface area contributed by atoms with Crippen molar-refractivity contribution in [2.24, 2.45) is 0 Å². The van der Waals surface area contributed by atoms with Crippen LogP contribution in [0.3, 0.4) is 0 Å². The SMILES string of the molecule is O=[N+]([O-])c1c[c]c(NC2CCCCC2)cc1. The van der Waals surface area contributed by atoms with Gasteiger partial charge >= 0.3 is 0 Å². The van der Waals surface area contributed by atoms with Crippen molar-refractivity contribution in [3.8, 4) is 0 Å². The summed E-state index contributed by atoms with van der Waals surface area (Å²) in [5, 5.41) is 13.8. The molecule has 0 amide bonds. The first-order valence-electron chi connectivity index (χ1n) is 5.68. The van der Waals surface area contributed by atoms with Crippen LogP contribution in [0.25, 0.3) is 0 Å². The van der Waals surface area contributed by atoms with Crippen molar-refractivity contribution in [3.05, 3.63) is 34.4 Å². The second kappa shape index (κ2) is 4.96.